The molecule has 0 bridgehead atoms. The highest BCUT2D eigenvalue weighted by Gasteiger charge is 2.31. The maximum absolute atomic E-state index is 12.2. The SMILES string of the molecule is O=C(N[C@@H]1COCC[C@@H]1OC(=O)c1ccccc1)OCc1ccccc1. The Balaban J connectivity index is 1.53. The lowest BCUT2D eigenvalue weighted by Gasteiger charge is -2.31. The van der Waals surface area contributed by atoms with Crippen molar-refractivity contribution in [3.8, 4) is 0 Å². The minimum Gasteiger partial charge on any atom is -0.456 e. The zero-order valence-corrected chi connectivity index (χ0v) is 14.3. The molecule has 0 aromatic heterocycles. The molecule has 0 spiro atoms. The number of ether oxygens (including phenoxy) is 3. The van der Waals surface area contributed by atoms with Crippen LogP contribution in [0.3, 0.4) is 0 Å². The van der Waals surface area contributed by atoms with Gasteiger partial charge in [0.2, 0.25) is 0 Å². The molecule has 1 aliphatic heterocycles. The minimum atomic E-state index is -0.565. The standard InChI is InChI=1S/C20H21NO5/c22-19(16-9-5-2-6-10-16)26-18-11-12-24-14-17(18)21-20(23)25-13-15-7-3-1-4-8-15/h1-10,17-18H,11-14H2,(H,21,23)/t17-,18+/m1/s1. The highest BCUT2D eigenvalue weighted by molar-refractivity contribution is 5.89. The summed E-state index contributed by atoms with van der Waals surface area (Å²) >= 11 is 0. The molecule has 0 saturated carbocycles. The maximum Gasteiger partial charge on any atom is 0.407 e. The molecule has 1 amide bonds. The number of amides is 1. The lowest BCUT2D eigenvalue weighted by Crippen LogP contribution is -2.51. The maximum atomic E-state index is 12.2. The van der Waals surface area contributed by atoms with Gasteiger partial charge in [-0.2, -0.15) is 0 Å². The molecule has 1 N–H and O–H groups in total. The highest BCUT2D eigenvalue weighted by Crippen LogP contribution is 2.15. The van der Waals surface area contributed by atoms with Crippen LogP contribution in [0.5, 0.6) is 0 Å². The molecule has 136 valence electrons. The van der Waals surface area contributed by atoms with Gasteiger partial charge in [0.05, 0.1) is 24.8 Å². The summed E-state index contributed by atoms with van der Waals surface area (Å²) < 4.78 is 16.2. The highest BCUT2D eigenvalue weighted by atomic mass is 16.6. The quantitative estimate of drug-likeness (QED) is 0.835. The molecule has 6 heteroatoms. The zero-order valence-electron chi connectivity index (χ0n) is 14.3. The number of nitrogens with one attached hydrogen (secondary N) is 1. The topological polar surface area (TPSA) is 73.9 Å². The first-order valence-corrected chi connectivity index (χ1v) is 8.53. The Morgan fingerprint density at radius 1 is 1.04 bits per heavy atom. The van der Waals surface area contributed by atoms with Crippen molar-refractivity contribution in [2.75, 3.05) is 13.2 Å². The van der Waals surface area contributed by atoms with Gasteiger partial charge in [0.15, 0.2) is 0 Å². The number of esters is 1. The third kappa shape index (κ3) is 5.07. The van der Waals surface area contributed by atoms with E-state index in [2.05, 4.69) is 5.32 Å². The second kappa shape index (κ2) is 9.01. The number of hydrogen-bond donors (Lipinski definition) is 1. The van der Waals surface area contributed by atoms with Crippen LogP contribution in [-0.2, 0) is 20.8 Å². The molecular weight excluding hydrogens is 334 g/mol. The van der Waals surface area contributed by atoms with E-state index in [0.29, 0.717) is 18.6 Å². The fourth-order valence-electron chi connectivity index (χ4n) is 2.69. The number of benzene rings is 2. The van der Waals surface area contributed by atoms with Gasteiger partial charge in [0.25, 0.3) is 0 Å². The molecule has 1 fully saturated rings. The van der Waals surface area contributed by atoms with Crippen molar-refractivity contribution in [1.29, 1.82) is 0 Å². The lowest BCUT2D eigenvalue weighted by molar-refractivity contribution is -0.0363. The number of carbonyl (C=O) groups excluding carboxylic acids is 2. The third-order valence-corrected chi connectivity index (χ3v) is 4.08. The third-order valence-electron chi connectivity index (χ3n) is 4.08. The van der Waals surface area contributed by atoms with E-state index in [1.165, 1.54) is 0 Å². The normalized spacial score (nSPS) is 19.4. The van der Waals surface area contributed by atoms with Gasteiger partial charge in [-0.05, 0) is 17.7 Å². The van der Waals surface area contributed by atoms with E-state index in [-0.39, 0.29) is 13.2 Å². The largest absolute Gasteiger partial charge is 0.456 e. The fraction of sp³-hybridized carbons (Fsp3) is 0.300. The van der Waals surface area contributed by atoms with Crippen LogP contribution in [-0.4, -0.2) is 37.4 Å². The summed E-state index contributed by atoms with van der Waals surface area (Å²) in [6, 6.07) is 17.7. The van der Waals surface area contributed by atoms with E-state index in [0.717, 1.165) is 5.56 Å². The van der Waals surface area contributed by atoms with E-state index in [1.807, 2.05) is 36.4 Å². The molecule has 0 aliphatic carbocycles. The van der Waals surface area contributed by atoms with E-state index in [4.69, 9.17) is 14.2 Å². The van der Waals surface area contributed by atoms with Gasteiger partial charge in [-0.1, -0.05) is 48.5 Å². The van der Waals surface area contributed by atoms with Crippen molar-refractivity contribution in [2.24, 2.45) is 0 Å². The predicted molar refractivity (Wildman–Crippen MR) is 94.6 cm³/mol. The first-order valence-electron chi connectivity index (χ1n) is 8.53. The molecule has 3 rings (SSSR count). The van der Waals surface area contributed by atoms with Crippen molar-refractivity contribution in [1.82, 2.24) is 5.32 Å². The van der Waals surface area contributed by atoms with Gasteiger partial charge in [-0.15, -0.1) is 0 Å². The van der Waals surface area contributed by atoms with Gasteiger partial charge >= 0.3 is 12.1 Å². The second-order valence-corrected chi connectivity index (χ2v) is 5.99. The van der Waals surface area contributed by atoms with E-state index in [1.54, 1.807) is 24.3 Å². The van der Waals surface area contributed by atoms with Crippen LogP contribution in [0.25, 0.3) is 0 Å². The molecule has 1 aliphatic rings. The summed E-state index contributed by atoms with van der Waals surface area (Å²) in [5, 5.41) is 2.73. The van der Waals surface area contributed by atoms with Crippen molar-refractivity contribution < 1.29 is 23.8 Å². The molecule has 2 aromatic rings. The first kappa shape index (κ1) is 17.9. The van der Waals surface area contributed by atoms with Gasteiger partial charge in [-0.3, -0.25) is 0 Å². The molecule has 1 saturated heterocycles. The molecule has 0 unspecified atom stereocenters. The van der Waals surface area contributed by atoms with Gasteiger partial charge in [0, 0.05) is 6.42 Å². The van der Waals surface area contributed by atoms with Crippen LogP contribution in [0.2, 0.25) is 0 Å². The van der Waals surface area contributed by atoms with Gasteiger partial charge in [0.1, 0.15) is 12.7 Å². The van der Waals surface area contributed by atoms with Crippen LogP contribution in [0, 0.1) is 0 Å². The van der Waals surface area contributed by atoms with E-state index < -0.39 is 24.2 Å². The molecule has 1 heterocycles. The van der Waals surface area contributed by atoms with Crippen molar-refractivity contribution in [3.05, 3.63) is 71.8 Å². The number of alkyl carbamates (subject to hydrolysis) is 1. The van der Waals surface area contributed by atoms with Crippen LogP contribution >= 0.6 is 0 Å². The minimum absolute atomic E-state index is 0.175. The zero-order chi connectivity index (χ0) is 18.2. The van der Waals surface area contributed by atoms with E-state index >= 15 is 0 Å². The fourth-order valence-corrected chi connectivity index (χ4v) is 2.69. The van der Waals surface area contributed by atoms with Crippen molar-refractivity contribution in [2.45, 2.75) is 25.2 Å². The van der Waals surface area contributed by atoms with E-state index in [9.17, 15) is 9.59 Å². The summed E-state index contributed by atoms with van der Waals surface area (Å²) in [6.07, 6.45) is -0.506. The summed E-state index contributed by atoms with van der Waals surface area (Å²) in [6.45, 7) is 0.922. The number of rotatable bonds is 5. The van der Waals surface area contributed by atoms with Crippen LogP contribution in [0.15, 0.2) is 60.7 Å². The summed E-state index contributed by atoms with van der Waals surface area (Å²) in [5.41, 5.74) is 1.37. The van der Waals surface area contributed by atoms with Crippen LogP contribution < -0.4 is 5.32 Å². The number of carbonyl (C=O) groups is 2. The monoisotopic (exact) mass is 355 g/mol. The Morgan fingerprint density at radius 2 is 1.73 bits per heavy atom. The van der Waals surface area contributed by atoms with Crippen molar-refractivity contribution in [3.63, 3.8) is 0 Å². The Bertz CT molecular complexity index is 719. The van der Waals surface area contributed by atoms with Crippen LogP contribution in [0.1, 0.15) is 22.3 Å². The molecule has 2 atom stereocenters. The summed E-state index contributed by atoms with van der Waals surface area (Å²) in [4.78, 5) is 24.3. The molecule has 26 heavy (non-hydrogen) atoms. The molecule has 6 nitrogen and oxygen atoms in total. The van der Waals surface area contributed by atoms with Gasteiger partial charge in [-0.25, -0.2) is 9.59 Å². The lowest BCUT2D eigenvalue weighted by atomic mass is 10.1. The average Bonchev–Trinajstić information content (AvgIpc) is 2.69. The van der Waals surface area contributed by atoms with Crippen molar-refractivity contribution >= 4 is 12.1 Å². The molecular formula is C20H21NO5. The van der Waals surface area contributed by atoms with Gasteiger partial charge < -0.3 is 19.5 Å². The Labute approximate surface area is 152 Å². The summed E-state index contributed by atoms with van der Waals surface area (Å²) in [7, 11) is 0. The Kier molecular flexibility index (Phi) is 6.22. The smallest absolute Gasteiger partial charge is 0.407 e. The Hall–Kier alpha value is -2.86. The average molecular weight is 355 g/mol. The Morgan fingerprint density at radius 3 is 2.46 bits per heavy atom. The second-order valence-electron chi connectivity index (χ2n) is 5.99. The first-order chi connectivity index (χ1) is 12.7. The van der Waals surface area contributed by atoms with Crippen LogP contribution in [0.4, 0.5) is 4.79 Å². The predicted octanol–water partition coefficient (Wildman–Crippen LogP) is 2.93. The molecule has 0 radical (unpaired) electrons. The summed E-state index contributed by atoms with van der Waals surface area (Å²) in [5.74, 6) is -0.415. The molecule has 2 aromatic carbocycles. The number of hydrogen-bond acceptors (Lipinski definition) is 5.